The maximum atomic E-state index is 12.9. The minimum atomic E-state index is -0.252. The number of rotatable bonds is 6. The fourth-order valence-corrected chi connectivity index (χ4v) is 1.78. The summed E-state index contributed by atoms with van der Waals surface area (Å²) < 4.78 is 18.0. The van der Waals surface area contributed by atoms with Gasteiger partial charge >= 0.3 is 6.01 Å². The van der Waals surface area contributed by atoms with E-state index in [-0.39, 0.29) is 11.8 Å². The van der Waals surface area contributed by atoms with Crippen LogP contribution in [-0.2, 0) is 6.54 Å². The van der Waals surface area contributed by atoms with E-state index in [1.807, 2.05) is 18.9 Å². The molecule has 0 aliphatic heterocycles. The third-order valence-corrected chi connectivity index (χ3v) is 2.79. The van der Waals surface area contributed by atoms with Crippen molar-refractivity contribution in [2.75, 3.05) is 30.9 Å². The van der Waals surface area contributed by atoms with Crippen LogP contribution in [0.2, 0.25) is 0 Å². The smallest absolute Gasteiger partial charge is 0.322 e. The number of nitrogens with zero attached hydrogens (tertiary/aromatic N) is 4. The molecule has 1 heterocycles. The summed E-state index contributed by atoms with van der Waals surface area (Å²) in [5.74, 6) is 0.699. The molecule has 0 bridgehead atoms. The largest absolute Gasteiger partial charge is 0.467 e. The fourth-order valence-electron chi connectivity index (χ4n) is 1.78. The SMILES string of the molecule is CCNc1nc(OC)nc(N(C)Cc2ccc(F)cc2)n1. The normalized spacial score (nSPS) is 10.3. The molecule has 1 aromatic carbocycles. The van der Waals surface area contributed by atoms with Crippen molar-refractivity contribution in [3.63, 3.8) is 0 Å². The zero-order valence-corrected chi connectivity index (χ0v) is 12.3. The van der Waals surface area contributed by atoms with Gasteiger partial charge < -0.3 is 15.0 Å². The van der Waals surface area contributed by atoms with Crippen LogP contribution in [0.4, 0.5) is 16.3 Å². The van der Waals surface area contributed by atoms with E-state index >= 15 is 0 Å². The first-order valence-corrected chi connectivity index (χ1v) is 6.62. The van der Waals surface area contributed by atoms with Gasteiger partial charge in [0.25, 0.3) is 0 Å². The Labute approximate surface area is 123 Å². The van der Waals surface area contributed by atoms with Gasteiger partial charge in [-0.15, -0.1) is 0 Å². The van der Waals surface area contributed by atoms with E-state index in [1.54, 1.807) is 12.1 Å². The Morgan fingerprint density at radius 1 is 1.19 bits per heavy atom. The minimum absolute atomic E-state index is 0.252. The van der Waals surface area contributed by atoms with Crippen LogP contribution in [0.1, 0.15) is 12.5 Å². The second kappa shape index (κ2) is 6.83. The number of hydrogen-bond donors (Lipinski definition) is 1. The number of hydrogen-bond acceptors (Lipinski definition) is 6. The van der Waals surface area contributed by atoms with Crippen LogP contribution in [0.5, 0.6) is 6.01 Å². The zero-order valence-electron chi connectivity index (χ0n) is 12.3. The van der Waals surface area contributed by atoms with Crippen molar-refractivity contribution >= 4 is 11.9 Å². The molecular formula is C14H18FN5O. The highest BCUT2D eigenvalue weighted by Crippen LogP contribution is 2.16. The van der Waals surface area contributed by atoms with E-state index in [9.17, 15) is 4.39 Å². The fraction of sp³-hybridized carbons (Fsp3) is 0.357. The molecule has 6 nitrogen and oxygen atoms in total. The lowest BCUT2D eigenvalue weighted by molar-refractivity contribution is 0.379. The van der Waals surface area contributed by atoms with E-state index in [0.717, 1.165) is 5.56 Å². The molecule has 1 N–H and O–H groups in total. The van der Waals surface area contributed by atoms with Gasteiger partial charge in [0.1, 0.15) is 5.82 Å². The predicted octanol–water partition coefficient (Wildman–Crippen LogP) is 2.09. The molecule has 1 aromatic heterocycles. The summed E-state index contributed by atoms with van der Waals surface area (Å²) in [6, 6.07) is 6.58. The molecule has 0 unspecified atom stereocenters. The van der Waals surface area contributed by atoms with Crippen LogP contribution in [0.25, 0.3) is 0 Å². The average molecular weight is 291 g/mol. The Morgan fingerprint density at radius 2 is 1.90 bits per heavy atom. The van der Waals surface area contributed by atoms with Crippen molar-refractivity contribution in [1.82, 2.24) is 15.0 Å². The van der Waals surface area contributed by atoms with Crippen LogP contribution in [0, 0.1) is 5.82 Å². The van der Waals surface area contributed by atoms with Crippen molar-refractivity contribution in [2.45, 2.75) is 13.5 Å². The number of anilines is 2. The van der Waals surface area contributed by atoms with Gasteiger partial charge in [-0.25, -0.2) is 4.39 Å². The summed E-state index contributed by atoms with van der Waals surface area (Å²) in [6.45, 7) is 3.21. The summed E-state index contributed by atoms with van der Waals surface area (Å²) in [5.41, 5.74) is 0.961. The second-order valence-electron chi connectivity index (χ2n) is 4.46. The third kappa shape index (κ3) is 4.01. The molecular weight excluding hydrogens is 273 g/mol. The van der Waals surface area contributed by atoms with E-state index in [1.165, 1.54) is 19.2 Å². The molecule has 0 atom stereocenters. The quantitative estimate of drug-likeness (QED) is 0.879. The van der Waals surface area contributed by atoms with E-state index in [0.29, 0.717) is 25.0 Å². The van der Waals surface area contributed by atoms with Gasteiger partial charge in [0, 0.05) is 20.1 Å². The molecule has 0 aliphatic rings. The Morgan fingerprint density at radius 3 is 2.52 bits per heavy atom. The monoisotopic (exact) mass is 291 g/mol. The maximum Gasteiger partial charge on any atom is 0.322 e. The molecule has 0 saturated carbocycles. The molecule has 2 rings (SSSR count). The van der Waals surface area contributed by atoms with E-state index < -0.39 is 0 Å². The van der Waals surface area contributed by atoms with Crippen LogP contribution in [-0.4, -0.2) is 35.7 Å². The zero-order chi connectivity index (χ0) is 15.2. The van der Waals surface area contributed by atoms with Crippen LogP contribution < -0.4 is 15.0 Å². The highest BCUT2D eigenvalue weighted by molar-refractivity contribution is 5.38. The highest BCUT2D eigenvalue weighted by atomic mass is 19.1. The van der Waals surface area contributed by atoms with Crippen molar-refractivity contribution in [2.24, 2.45) is 0 Å². The maximum absolute atomic E-state index is 12.9. The predicted molar refractivity (Wildman–Crippen MR) is 79.0 cm³/mol. The number of halogens is 1. The lowest BCUT2D eigenvalue weighted by Gasteiger charge is -2.18. The highest BCUT2D eigenvalue weighted by Gasteiger charge is 2.11. The molecule has 0 amide bonds. The Kier molecular flexibility index (Phi) is 4.86. The molecule has 0 saturated heterocycles. The molecule has 0 radical (unpaired) electrons. The molecule has 112 valence electrons. The second-order valence-corrected chi connectivity index (χ2v) is 4.46. The van der Waals surface area contributed by atoms with Gasteiger partial charge in [0.05, 0.1) is 7.11 Å². The number of nitrogens with one attached hydrogen (secondary N) is 1. The standard InChI is InChI=1S/C14H18FN5O/c1-4-16-12-17-13(19-14(18-12)21-3)20(2)9-10-5-7-11(15)8-6-10/h5-8H,4,9H2,1-3H3,(H,16,17,18,19). The van der Waals surface area contributed by atoms with Crippen molar-refractivity contribution in [3.05, 3.63) is 35.6 Å². The molecule has 21 heavy (non-hydrogen) atoms. The number of benzene rings is 1. The Balaban J connectivity index is 2.19. The van der Waals surface area contributed by atoms with Gasteiger partial charge in [-0.05, 0) is 24.6 Å². The van der Waals surface area contributed by atoms with Crippen LogP contribution in [0.15, 0.2) is 24.3 Å². The lowest BCUT2D eigenvalue weighted by atomic mass is 10.2. The van der Waals surface area contributed by atoms with Gasteiger partial charge in [-0.3, -0.25) is 0 Å². The lowest BCUT2D eigenvalue weighted by Crippen LogP contribution is -2.20. The first kappa shape index (κ1) is 15.0. The van der Waals surface area contributed by atoms with Crippen LogP contribution in [0.3, 0.4) is 0 Å². The summed E-state index contributed by atoms with van der Waals surface area (Å²) in [4.78, 5) is 14.5. The Hall–Kier alpha value is -2.44. The number of ether oxygens (including phenoxy) is 1. The molecule has 0 aliphatic carbocycles. The molecule has 0 spiro atoms. The van der Waals surface area contributed by atoms with E-state index in [2.05, 4.69) is 20.3 Å². The van der Waals surface area contributed by atoms with E-state index in [4.69, 9.17) is 4.74 Å². The summed E-state index contributed by atoms with van der Waals surface area (Å²) in [5, 5.41) is 3.03. The van der Waals surface area contributed by atoms with Gasteiger partial charge in [-0.2, -0.15) is 15.0 Å². The topological polar surface area (TPSA) is 63.2 Å². The van der Waals surface area contributed by atoms with Crippen molar-refractivity contribution in [3.8, 4) is 6.01 Å². The summed E-state index contributed by atoms with van der Waals surface area (Å²) in [6.07, 6.45) is 0. The van der Waals surface area contributed by atoms with Gasteiger partial charge in [0.2, 0.25) is 11.9 Å². The first-order chi connectivity index (χ1) is 10.1. The third-order valence-electron chi connectivity index (χ3n) is 2.79. The minimum Gasteiger partial charge on any atom is -0.467 e. The van der Waals surface area contributed by atoms with Crippen molar-refractivity contribution in [1.29, 1.82) is 0 Å². The molecule has 7 heteroatoms. The molecule has 2 aromatic rings. The molecule has 0 fully saturated rings. The summed E-state index contributed by atoms with van der Waals surface area (Å²) in [7, 11) is 3.36. The summed E-state index contributed by atoms with van der Waals surface area (Å²) >= 11 is 0. The number of aromatic nitrogens is 3. The Bertz CT molecular complexity index is 590. The van der Waals surface area contributed by atoms with Crippen molar-refractivity contribution < 1.29 is 9.13 Å². The van der Waals surface area contributed by atoms with Gasteiger partial charge in [0.15, 0.2) is 0 Å². The van der Waals surface area contributed by atoms with Crippen LogP contribution >= 0.6 is 0 Å². The number of methoxy groups -OCH3 is 1. The average Bonchev–Trinajstić information content (AvgIpc) is 2.49. The first-order valence-electron chi connectivity index (χ1n) is 6.62. The van der Waals surface area contributed by atoms with Gasteiger partial charge in [-0.1, -0.05) is 12.1 Å².